The van der Waals surface area contributed by atoms with Crippen LogP contribution in [0.15, 0.2) is 22.8 Å². The van der Waals surface area contributed by atoms with E-state index in [0.29, 0.717) is 17.1 Å². The predicted octanol–water partition coefficient (Wildman–Crippen LogP) is 1.45. The zero-order valence-corrected chi connectivity index (χ0v) is 11.0. The number of carbonyl (C=O) groups is 1. The molecule has 0 saturated heterocycles. The highest BCUT2D eigenvalue weighted by Crippen LogP contribution is 2.12. The summed E-state index contributed by atoms with van der Waals surface area (Å²) in [5.74, 6) is 0.982. The van der Waals surface area contributed by atoms with Gasteiger partial charge < -0.3 is 15.5 Å². The molecule has 2 heterocycles. The van der Waals surface area contributed by atoms with E-state index in [1.165, 1.54) is 6.26 Å². The Hall–Kier alpha value is -1.79. The number of furan rings is 1. The highest BCUT2D eigenvalue weighted by molar-refractivity contribution is 6.03. The molecule has 0 saturated carbocycles. The molecule has 0 aliphatic rings. The number of aryl methyl sites for hydroxylation is 2. The van der Waals surface area contributed by atoms with Gasteiger partial charge in [0, 0.05) is 13.1 Å². The van der Waals surface area contributed by atoms with Crippen LogP contribution in [0.4, 0.5) is 5.82 Å². The maximum absolute atomic E-state index is 11.9. The van der Waals surface area contributed by atoms with Gasteiger partial charge in [-0.1, -0.05) is 0 Å². The summed E-state index contributed by atoms with van der Waals surface area (Å²) in [6, 6.07) is 3.42. The van der Waals surface area contributed by atoms with Crippen molar-refractivity contribution >= 4 is 24.1 Å². The molecule has 3 N–H and O–H groups in total. The first-order valence-electron chi connectivity index (χ1n) is 5.19. The summed E-state index contributed by atoms with van der Waals surface area (Å²) < 4.78 is 6.71. The number of rotatable bonds is 3. The van der Waals surface area contributed by atoms with Crippen LogP contribution in [-0.2, 0) is 13.6 Å². The fraction of sp³-hybridized carbons (Fsp3) is 0.273. The molecule has 0 atom stereocenters. The lowest BCUT2D eigenvalue weighted by Crippen LogP contribution is -2.13. The maximum Gasteiger partial charge on any atom is 0.260 e. The quantitative estimate of drug-likeness (QED) is 0.884. The van der Waals surface area contributed by atoms with E-state index in [2.05, 4.69) is 10.4 Å². The van der Waals surface area contributed by atoms with E-state index in [1.807, 2.05) is 6.92 Å². The fourth-order valence-corrected chi connectivity index (χ4v) is 1.52. The molecule has 2 rings (SSSR count). The van der Waals surface area contributed by atoms with E-state index in [9.17, 15) is 4.79 Å². The van der Waals surface area contributed by atoms with Gasteiger partial charge in [0.25, 0.3) is 5.91 Å². The number of hydrogen-bond donors (Lipinski definition) is 2. The Morgan fingerprint density at radius 3 is 2.78 bits per heavy atom. The molecule has 1 amide bonds. The molecule has 98 valence electrons. The Morgan fingerprint density at radius 1 is 1.56 bits per heavy atom. The number of aromatic nitrogens is 2. The van der Waals surface area contributed by atoms with E-state index in [0.717, 1.165) is 5.69 Å². The minimum Gasteiger partial charge on any atom is -0.467 e. The second-order valence-corrected chi connectivity index (χ2v) is 3.75. The first kappa shape index (κ1) is 14.3. The molecule has 2 aromatic heterocycles. The standard InChI is InChI=1S/C11H14N4O2.ClH/c1-7-3-10(15(2)14-7)13-11(16)8-4-9(5-12)17-6-8;/h3-4,6H,5,12H2,1-2H3,(H,13,16);1H. The second kappa shape index (κ2) is 5.70. The van der Waals surface area contributed by atoms with Gasteiger partial charge in [-0.25, -0.2) is 0 Å². The Bertz CT molecular complexity index is 547. The lowest BCUT2D eigenvalue weighted by atomic mass is 10.3. The third-order valence-electron chi connectivity index (χ3n) is 2.36. The van der Waals surface area contributed by atoms with E-state index >= 15 is 0 Å². The van der Waals surface area contributed by atoms with Gasteiger partial charge in [-0.05, 0) is 13.0 Å². The van der Waals surface area contributed by atoms with Gasteiger partial charge in [0.15, 0.2) is 0 Å². The molecule has 0 bridgehead atoms. The number of nitrogens with zero attached hydrogens (tertiary/aromatic N) is 2. The molecule has 6 nitrogen and oxygen atoms in total. The van der Waals surface area contributed by atoms with Gasteiger partial charge in [0.2, 0.25) is 0 Å². The monoisotopic (exact) mass is 270 g/mol. The first-order chi connectivity index (χ1) is 8.10. The molecule has 0 radical (unpaired) electrons. The lowest BCUT2D eigenvalue weighted by molar-refractivity contribution is 0.102. The Morgan fingerprint density at radius 2 is 2.28 bits per heavy atom. The van der Waals surface area contributed by atoms with Crippen LogP contribution in [0.25, 0.3) is 0 Å². The molecule has 7 heteroatoms. The van der Waals surface area contributed by atoms with Crippen molar-refractivity contribution in [2.45, 2.75) is 13.5 Å². The predicted molar refractivity (Wildman–Crippen MR) is 69.7 cm³/mol. The van der Waals surface area contributed by atoms with Crippen molar-refractivity contribution in [3.05, 3.63) is 35.4 Å². The van der Waals surface area contributed by atoms with Gasteiger partial charge in [-0.3, -0.25) is 9.48 Å². The van der Waals surface area contributed by atoms with Crippen LogP contribution >= 0.6 is 12.4 Å². The lowest BCUT2D eigenvalue weighted by Gasteiger charge is -2.02. The molecule has 0 unspecified atom stereocenters. The molecule has 0 aliphatic carbocycles. The number of anilines is 1. The summed E-state index contributed by atoms with van der Waals surface area (Å²) in [6.07, 6.45) is 1.39. The van der Waals surface area contributed by atoms with E-state index < -0.39 is 0 Å². The van der Waals surface area contributed by atoms with Crippen LogP contribution in [0.2, 0.25) is 0 Å². The highest BCUT2D eigenvalue weighted by Gasteiger charge is 2.12. The largest absolute Gasteiger partial charge is 0.467 e. The van der Waals surface area contributed by atoms with Crippen molar-refractivity contribution in [2.75, 3.05) is 5.32 Å². The third kappa shape index (κ3) is 2.91. The SMILES string of the molecule is Cc1cc(NC(=O)c2coc(CN)c2)n(C)n1.Cl. The van der Waals surface area contributed by atoms with Gasteiger partial charge in [-0.15, -0.1) is 12.4 Å². The molecule has 18 heavy (non-hydrogen) atoms. The van der Waals surface area contributed by atoms with Crippen LogP contribution in [0.1, 0.15) is 21.8 Å². The zero-order valence-electron chi connectivity index (χ0n) is 10.1. The van der Waals surface area contributed by atoms with Crippen molar-refractivity contribution < 1.29 is 9.21 Å². The fourth-order valence-electron chi connectivity index (χ4n) is 1.52. The number of halogens is 1. The highest BCUT2D eigenvalue weighted by atomic mass is 35.5. The van der Waals surface area contributed by atoms with Crippen molar-refractivity contribution in [1.82, 2.24) is 9.78 Å². The average molecular weight is 271 g/mol. The van der Waals surface area contributed by atoms with Gasteiger partial charge in [0.1, 0.15) is 17.8 Å². The second-order valence-electron chi connectivity index (χ2n) is 3.75. The Kier molecular flexibility index (Phi) is 4.52. The van der Waals surface area contributed by atoms with Crippen molar-refractivity contribution in [1.29, 1.82) is 0 Å². The number of hydrogen-bond acceptors (Lipinski definition) is 4. The normalized spacial score (nSPS) is 9.94. The summed E-state index contributed by atoms with van der Waals surface area (Å²) in [6.45, 7) is 2.14. The first-order valence-corrected chi connectivity index (χ1v) is 5.19. The average Bonchev–Trinajstić information content (AvgIpc) is 2.86. The summed E-state index contributed by atoms with van der Waals surface area (Å²) in [5, 5.41) is 6.88. The van der Waals surface area contributed by atoms with Gasteiger partial charge >= 0.3 is 0 Å². The number of nitrogens with two attached hydrogens (primary N) is 1. The summed E-state index contributed by atoms with van der Waals surface area (Å²) in [4.78, 5) is 11.9. The summed E-state index contributed by atoms with van der Waals surface area (Å²) >= 11 is 0. The minimum atomic E-state index is -0.239. The number of carbonyl (C=O) groups excluding carboxylic acids is 1. The van der Waals surface area contributed by atoms with Crippen LogP contribution in [0, 0.1) is 6.92 Å². The maximum atomic E-state index is 11.9. The molecule has 2 aromatic rings. The van der Waals surface area contributed by atoms with Crippen LogP contribution in [-0.4, -0.2) is 15.7 Å². The molecule has 0 aliphatic heterocycles. The Labute approximate surface area is 111 Å². The van der Waals surface area contributed by atoms with Crippen molar-refractivity contribution in [3.63, 3.8) is 0 Å². The molecule has 0 fully saturated rings. The van der Waals surface area contributed by atoms with Crippen LogP contribution in [0.3, 0.4) is 0 Å². The Balaban J connectivity index is 0.00000162. The van der Waals surface area contributed by atoms with E-state index in [4.69, 9.17) is 10.2 Å². The van der Waals surface area contributed by atoms with Crippen LogP contribution in [0.5, 0.6) is 0 Å². The summed E-state index contributed by atoms with van der Waals surface area (Å²) in [5.41, 5.74) is 6.70. The van der Waals surface area contributed by atoms with Crippen molar-refractivity contribution in [3.8, 4) is 0 Å². The smallest absolute Gasteiger partial charge is 0.260 e. The molecule has 0 aromatic carbocycles. The minimum absolute atomic E-state index is 0. The van der Waals surface area contributed by atoms with Gasteiger partial charge in [-0.2, -0.15) is 5.10 Å². The van der Waals surface area contributed by atoms with Crippen molar-refractivity contribution in [2.24, 2.45) is 12.8 Å². The number of nitrogens with one attached hydrogen (secondary N) is 1. The van der Waals surface area contributed by atoms with E-state index in [-0.39, 0.29) is 24.9 Å². The van der Waals surface area contributed by atoms with E-state index in [1.54, 1.807) is 23.9 Å². The van der Waals surface area contributed by atoms with Gasteiger partial charge in [0.05, 0.1) is 17.8 Å². The van der Waals surface area contributed by atoms with Crippen LogP contribution < -0.4 is 11.1 Å². The molecular weight excluding hydrogens is 256 g/mol. The number of amides is 1. The zero-order chi connectivity index (χ0) is 12.4. The summed E-state index contributed by atoms with van der Waals surface area (Å²) in [7, 11) is 1.77. The third-order valence-corrected chi connectivity index (χ3v) is 2.36. The molecular formula is C11H15ClN4O2. The topological polar surface area (TPSA) is 86.1 Å². The molecule has 0 spiro atoms.